The second-order valence-electron chi connectivity index (χ2n) is 6.57. The molecule has 27 heavy (non-hydrogen) atoms. The van der Waals surface area contributed by atoms with Crippen LogP contribution in [0.15, 0.2) is 36.4 Å². The molecule has 0 aliphatic carbocycles. The number of rotatable bonds is 7. The lowest BCUT2D eigenvalue weighted by Crippen LogP contribution is -2.28. The van der Waals surface area contributed by atoms with E-state index in [-0.39, 0.29) is 11.9 Å². The van der Waals surface area contributed by atoms with E-state index in [1.54, 1.807) is 32.2 Å². The van der Waals surface area contributed by atoms with Crippen LogP contribution >= 0.6 is 0 Å². The van der Waals surface area contributed by atoms with Gasteiger partial charge in [0.25, 0.3) is 5.91 Å². The summed E-state index contributed by atoms with van der Waals surface area (Å²) in [6, 6.07) is 10.6. The van der Waals surface area contributed by atoms with E-state index in [0.717, 1.165) is 35.1 Å². The molecule has 6 nitrogen and oxygen atoms in total. The van der Waals surface area contributed by atoms with Gasteiger partial charge in [0.15, 0.2) is 0 Å². The summed E-state index contributed by atoms with van der Waals surface area (Å²) in [4.78, 5) is 12.7. The summed E-state index contributed by atoms with van der Waals surface area (Å²) in [5.41, 5.74) is 3.53. The molecule has 0 fully saturated rings. The number of hydrogen-bond acceptors (Lipinski definition) is 4. The number of carbonyl (C=O) groups excluding carboxylic acids is 1. The number of methoxy groups -OCH3 is 1. The maximum Gasteiger partial charge on any atom is 0.251 e. The molecule has 0 aliphatic heterocycles. The lowest BCUT2D eigenvalue weighted by Gasteiger charge is -2.19. The minimum atomic E-state index is -3.42. The van der Waals surface area contributed by atoms with Crippen LogP contribution in [0.5, 0.6) is 5.75 Å². The average Bonchev–Trinajstić information content (AvgIpc) is 2.60. The van der Waals surface area contributed by atoms with E-state index in [0.29, 0.717) is 11.3 Å². The molecule has 0 aromatic heterocycles. The predicted octanol–water partition coefficient (Wildman–Crippen LogP) is 3.56. The molecule has 1 amide bonds. The second kappa shape index (κ2) is 8.43. The van der Waals surface area contributed by atoms with Gasteiger partial charge in [-0.25, -0.2) is 8.42 Å². The van der Waals surface area contributed by atoms with Crippen molar-refractivity contribution in [3.05, 3.63) is 58.7 Å². The monoisotopic (exact) mass is 390 g/mol. The molecule has 0 bridgehead atoms. The number of ether oxygens (including phenoxy) is 1. The molecule has 0 heterocycles. The molecule has 2 aromatic rings. The van der Waals surface area contributed by atoms with Crippen molar-refractivity contribution >= 4 is 21.6 Å². The van der Waals surface area contributed by atoms with Crippen molar-refractivity contribution in [3.63, 3.8) is 0 Å². The first kappa shape index (κ1) is 20.8. The Kier molecular flexibility index (Phi) is 6.49. The van der Waals surface area contributed by atoms with Gasteiger partial charge in [0, 0.05) is 5.56 Å². The SMILES string of the molecule is CCC(NC(=O)c1ccc(C)c(NS(C)(=O)=O)c1)c1ccc(OC)c(C)c1. The van der Waals surface area contributed by atoms with Gasteiger partial charge in [-0.2, -0.15) is 0 Å². The minimum absolute atomic E-state index is 0.158. The Morgan fingerprint density at radius 1 is 1.11 bits per heavy atom. The number of hydrogen-bond donors (Lipinski definition) is 2. The Morgan fingerprint density at radius 2 is 1.81 bits per heavy atom. The Balaban J connectivity index is 2.24. The Bertz CT molecular complexity index is 939. The van der Waals surface area contributed by atoms with E-state index >= 15 is 0 Å². The summed E-state index contributed by atoms with van der Waals surface area (Å²) in [5, 5.41) is 3.02. The van der Waals surface area contributed by atoms with Crippen molar-refractivity contribution in [1.29, 1.82) is 0 Å². The highest BCUT2D eigenvalue weighted by Gasteiger charge is 2.16. The third-order valence-electron chi connectivity index (χ3n) is 4.33. The zero-order chi connectivity index (χ0) is 20.2. The number of nitrogens with one attached hydrogen (secondary N) is 2. The van der Waals surface area contributed by atoms with Crippen molar-refractivity contribution in [1.82, 2.24) is 5.32 Å². The highest BCUT2D eigenvalue weighted by Crippen LogP contribution is 2.25. The zero-order valence-corrected chi connectivity index (χ0v) is 17.1. The van der Waals surface area contributed by atoms with Gasteiger partial charge in [-0.3, -0.25) is 9.52 Å². The van der Waals surface area contributed by atoms with Crippen LogP contribution < -0.4 is 14.8 Å². The number of anilines is 1. The molecular weight excluding hydrogens is 364 g/mol. The summed E-state index contributed by atoms with van der Waals surface area (Å²) >= 11 is 0. The van der Waals surface area contributed by atoms with Gasteiger partial charge in [0.1, 0.15) is 5.75 Å². The van der Waals surface area contributed by atoms with Crippen LogP contribution in [-0.4, -0.2) is 27.7 Å². The van der Waals surface area contributed by atoms with Gasteiger partial charge >= 0.3 is 0 Å². The molecule has 1 unspecified atom stereocenters. The second-order valence-corrected chi connectivity index (χ2v) is 8.32. The van der Waals surface area contributed by atoms with Gasteiger partial charge in [-0.15, -0.1) is 0 Å². The standard InChI is InChI=1S/C20H26N2O4S/c1-6-17(15-9-10-19(26-4)14(3)11-15)21-20(23)16-8-7-13(2)18(12-16)22-27(5,24)25/h7-12,17,22H,6H2,1-5H3,(H,21,23). The van der Waals surface area contributed by atoms with Crippen molar-refractivity contribution in [3.8, 4) is 5.75 Å². The van der Waals surface area contributed by atoms with Gasteiger partial charge in [-0.05, 0) is 55.2 Å². The van der Waals surface area contributed by atoms with E-state index in [9.17, 15) is 13.2 Å². The van der Waals surface area contributed by atoms with Crippen molar-refractivity contribution in [2.24, 2.45) is 0 Å². The number of sulfonamides is 1. The Hall–Kier alpha value is -2.54. The van der Waals surface area contributed by atoms with E-state index in [2.05, 4.69) is 10.0 Å². The largest absolute Gasteiger partial charge is 0.496 e. The zero-order valence-electron chi connectivity index (χ0n) is 16.3. The molecular formula is C20H26N2O4S. The topological polar surface area (TPSA) is 84.5 Å². The molecule has 146 valence electrons. The molecule has 0 aliphatic rings. The number of aryl methyl sites for hydroxylation is 2. The van der Waals surface area contributed by atoms with E-state index in [1.807, 2.05) is 32.0 Å². The van der Waals surface area contributed by atoms with Crippen LogP contribution in [0.1, 0.15) is 46.4 Å². The van der Waals surface area contributed by atoms with Gasteiger partial charge in [0.2, 0.25) is 10.0 Å². The molecule has 2 aromatic carbocycles. The van der Waals surface area contributed by atoms with E-state index < -0.39 is 10.0 Å². The van der Waals surface area contributed by atoms with Crippen LogP contribution in [0.4, 0.5) is 5.69 Å². The normalized spacial score (nSPS) is 12.3. The van der Waals surface area contributed by atoms with E-state index in [4.69, 9.17) is 4.74 Å². The van der Waals surface area contributed by atoms with Crippen LogP contribution in [0, 0.1) is 13.8 Å². The summed E-state index contributed by atoms with van der Waals surface area (Å²) < 4.78 is 30.7. The molecule has 2 rings (SSSR count). The summed E-state index contributed by atoms with van der Waals surface area (Å²) in [6.45, 7) is 5.74. The van der Waals surface area contributed by atoms with Crippen molar-refractivity contribution in [2.45, 2.75) is 33.2 Å². The minimum Gasteiger partial charge on any atom is -0.496 e. The summed E-state index contributed by atoms with van der Waals surface area (Å²) in [7, 11) is -1.79. The van der Waals surface area contributed by atoms with Gasteiger partial charge in [0.05, 0.1) is 25.1 Å². The van der Waals surface area contributed by atoms with Crippen LogP contribution in [0.3, 0.4) is 0 Å². The molecule has 2 N–H and O–H groups in total. The van der Waals surface area contributed by atoms with Crippen molar-refractivity contribution < 1.29 is 17.9 Å². The fraction of sp³-hybridized carbons (Fsp3) is 0.350. The molecule has 7 heteroatoms. The van der Waals surface area contributed by atoms with Crippen molar-refractivity contribution in [2.75, 3.05) is 18.1 Å². The smallest absolute Gasteiger partial charge is 0.251 e. The quantitative estimate of drug-likeness (QED) is 0.757. The molecule has 0 saturated heterocycles. The van der Waals surface area contributed by atoms with Crippen LogP contribution in [0.2, 0.25) is 0 Å². The molecule has 1 atom stereocenters. The highest BCUT2D eigenvalue weighted by molar-refractivity contribution is 7.92. The van der Waals surface area contributed by atoms with E-state index in [1.165, 1.54) is 0 Å². The average molecular weight is 391 g/mol. The molecule has 0 radical (unpaired) electrons. The number of amides is 1. The third kappa shape index (κ3) is 5.47. The molecule has 0 saturated carbocycles. The maximum atomic E-state index is 12.7. The lowest BCUT2D eigenvalue weighted by molar-refractivity contribution is 0.0935. The highest BCUT2D eigenvalue weighted by atomic mass is 32.2. The summed E-state index contributed by atoms with van der Waals surface area (Å²) in [5.74, 6) is 0.543. The summed E-state index contributed by atoms with van der Waals surface area (Å²) in [6.07, 6.45) is 1.80. The Labute approximate surface area is 161 Å². The predicted molar refractivity (Wildman–Crippen MR) is 108 cm³/mol. The maximum absolute atomic E-state index is 12.7. The fourth-order valence-corrected chi connectivity index (χ4v) is 3.47. The fourth-order valence-electron chi connectivity index (χ4n) is 2.85. The first-order chi connectivity index (χ1) is 12.6. The number of benzene rings is 2. The first-order valence-corrected chi connectivity index (χ1v) is 10.6. The van der Waals surface area contributed by atoms with Crippen LogP contribution in [-0.2, 0) is 10.0 Å². The molecule has 0 spiro atoms. The Morgan fingerprint density at radius 3 is 2.37 bits per heavy atom. The van der Waals surface area contributed by atoms with Crippen LogP contribution in [0.25, 0.3) is 0 Å². The van der Waals surface area contributed by atoms with Gasteiger partial charge in [-0.1, -0.05) is 25.1 Å². The van der Waals surface area contributed by atoms with Gasteiger partial charge < -0.3 is 10.1 Å². The number of carbonyl (C=O) groups is 1. The lowest BCUT2D eigenvalue weighted by atomic mass is 10.0. The third-order valence-corrected chi connectivity index (χ3v) is 4.92. The first-order valence-electron chi connectivity index (χ1n) is 8.68.